The van der Waals surface area contributed by atoms with Crippen LogP contribution in [0.15, 0.2) is 18.3 Å². The van der Waals surface area contributed by atoms with Gasteiger partial charge < -0.3 is 20.9 Å². The summed E-state index contributed by atoms with van der Waals surface area (Å²) in [5.74, 6) is 2.45. The van der Waals surface area contributed by atoms with Gasteiger partial charge in [-0.05, 0) is 58.1 Å². The Kier molecular flexibility index (Phi) is 6.07. The van der Waals surface area contributed by atoms with Crippen LogP contribution in [0, 0.1) is 19.7 Å². The lowest BCUT2D eigenvalue weighted by Gasteiger charge is -2.34. The maximum Gasteiger partial charge on any atom is 0.230 e. The van der Waals surface area contributed by atoms with Crippen molar-refractivity contribution in [2.45, 2.75) is 59.0 Å². The first-order valence-electron chi connectivity index (χ1n) is 12.0. The normalized spacial score (nSPS) is 18.3. The van der Waals surface area contributed by atoms with Gasteiger partial charge in [0.25, 0.3) is 0 Å². The van der Waals surface area contributed by atoms with E-state index in [-0.39, 0.29) is 11.7 Å². The number of aromatic nitrogens is 5. The number of nitrogens with one attached hydrogen (secondary N) is 3. The SMILES string of the molecule is CCn1nc(Nc2nc(Nc3cc(C4CC4)c(F)c(C)n3)ncc2N2CCN[C@H](C)C2)cc1C. The van der Waals surface area contributed by atoms with Crippen molar-refractivity contribution in [2.75, 3.05) is 35.2 Å². The summed E-state index contributed by atoms with van der Waals surface area (Å²) in [5, 5.41) is 14.7. The van der Waals surface area contributed by atoms with E-state index < -0.39 is 0 Å². The Bertz CT molecular complexity index is 1190. The third-order valence-electron chi connectivity index (χ3n) is 6.41. The molecule has 3 N–H and O–H groups in total. The molecule has 2 aliphatic rings. The minimum absolute atomic E-state index is 0.207. The van der Waals surface area contributed by atoms with Gasteiger partial charge in [0.2, 0.25) is 5.95 Å². The minimum atomic E-state index is -0.207. The van der Waals surface area contributed by atoms with Gasteiger partial charge in [0, 0.05) is 44.0 Å². The molecule has 0 aromatic carbocycles. The van der Waals surface area contributed by atoms with Crippen LogP contribution in [0.1, 0.15) is 49.6 Å². The van der Waals surface area contributed by atoms with E-state index >= 15 is 0 Å². The standard InChI is InChI=1S/C24H32FN9/c1-5-34-15(3)10-21(32-34)29-23-19(33-9-8-26-14(2)13-33)12-27-24(31-23)30-20-11-18(17-6-7-17)22(25)16(4)28-20/h10-12,14,17,26H,5-9,13H2,1-4H3,(H2,27,28,29,30,31,32)/t14-/m1/s1. The molecule has 0 radical (unpaired) electrons. The van der Waals surface area contributed by atoms with Crippen molar-refractivity contribution in [1.82, 2.24) is 30.0 Å². The Morgan fingerprint density at radius 2 is 1.97 bits per heavy atom. The molecule has 34 heavy (non-hydrogen) atoms. The number of hydrogen-bond acceptors (Lipinski definition) is 8. The van der Waals surface area contributed by atoms with Crippen molar-refractivity contribution in [3.8, 4) is 0 Å². The molecule has 1 saturated carbocycles. The summed E-state index contributed by atoms with van der Waals surface area (Å²) in [7, 11) is 0. The molecule has 1 saturated heterocycles. The Labute approximate surface area is 199 Å². The summed E-state index contributed by atoms with van der Waals surface area (Å²) in [6, 6.07) is 4.16. The van der Waals surface area contributed by atoms with Crippen molar-refractivity contribution in [3.63, 3.8) is 0 Å². The van der Waals surface area contributed by atoms with Crippen LogP contribution in [-0.4, -0.2) is 50.4 Å². The van der Waals surface area contributed by atoms with Gasteiger partial charge in [-0.2, -0.15) is 10.1 Å². The van der Waals surface area contributed by atoms with Crippen molar-refractivity contribution in [2.24, 2.45) is 0 Å². The highest BCUT2D eigenvalue weighted by molar-refractivity contribution is 5.72. The smallest absolute Gasteiger partial charge is 0.230 e. The maximum absolute atomic E-state index is 14.5. The molecular formula is C24H32FN9. The third kappa shape index (κ3) is 4.68. The van der Waals surface area contributed by atoms with E-state index in [0.29, 0.717) is 29.3 Å². The van der Waals surface area contributed by atoms with E-state index in [4.69, 9.17) is 4.98 Å². The lowest BCUT2D eigenvalue weighted by molar-refractivity contribution is 0.484. The van der Waals surface area contributed by atoms with Gasteiger partial charge in [0.05, 0.1) is 17.6 Å². The molecule has 0 bridgehead atoms. The topological polar surface area (TPSA) is 95.8 Å². The number of halogens is 1. The molecule has 3 aromatic heterocycles. The lowest BCUT2D eigenvalue weighted by Crippen LogP contribution is -2.49. The molecule has 10 heteroatoms. The molecule has 1 aliphatic carbocycles. The minimum Gasteiger partial charge on any atom is -0.364 e. The number of anilines is 5. The Morgan fingerprint density at radius 1 is 1.15 bits per heavy atom. The van der Waals surface area contributed by atoms with Gasteiger partial charge in [0.1, 0.15) is 11.6 Å². The predicted molar refractivity (Wildman–Crippen MR) is 132 cm³/mol. The zero-order chi connectivity index (χ0) is 23.8. The molecule has 0 spiro atoms. The van der Waals surface area contributed by atoms with Crippen LogP contribution in [0.2, 0.25) is 0 Å². The largest absolute Gasteiger partial charge is 0.364 e. The van der Waals surface area contributed by atoms with E-state index in [9.17, 15) is 4.39 Å². The molecule has 9 nitrogen and oxygen atoms in total. The van der Waals surface area contributed by atoms with E-state index in [0.717, 1.165) is 61.8 Å². The molecule has 0 unspecified atom stereocenters. The van der Waals surface area contributed by atoms with Gasteiger partial charge in [-0.25, -0.2) is 14.4 Å². The van der Waals surface area contributed by atoms with Crippen molar-refractivity contribution >= 4 is 29.1 Å². The fourth-order valence-corrected chi connectivity index (χ4v) is 4.47. The average Bonchev–Trinajstić information content (AvgIpc) is 3.59. The summed E-state index contributed by atoms with van der Waals surface area (Å²) < 4.78 is 16.5. The fourth-order valence-electron chi connectivity index (χ4n) is 4.47. The number of aryl methyl sites for hydroxylation is 3. The summed E-state index contributed by atoms with van der Waals surface area (Å²) in [4.78, 5) is 16.0. The third-order valence-corrected chi connectivity index (χ3v) is 6.41. The molecular weight excluding hydrogens is 433 g/mol. The zero-order valence-corrected chi connectivity index (χ0v) is 20.2. The van der Waals surface area contributed by atoms with E-state index in [2.05, 4.69) is 49.8 Å². The van der Waals surface area contributed by atoms with Crippen LogP contribution in [0.3, 0.4) is 0 Å². The summed E-state index contributed by atoms with van der Waals surface area (Å²) in [6.45, 7) is 11.4. The monoisotopic (exact) mass is 465 g/mol. The highest BCUT2D eigenvalue weighted by atomic mass is 19.1. The summed E-state index contributed by atoms with van der Waals surface area (Å²) in [6.07, 6.45) is 3.87. The molecule has 1 aliphatic heterocycles. The number of hydrogen-bond donors (Lipinski definition) is 3. The Balaban J connectivity index is 1.47. The molecule has 2 fully saturated rings. The first-order chi connectivity index (χ1) is 16.4. The highest BCUT2D eigenvalue weighted by Gasteiger charge is 2.28. The fraction of sp³-hybridized carbons (Fsp3) is 0.500. The first kappa shape index (κ1) is 22.5. The molecule has 0 amide bonds. The Morgan fingerprint density at radius 3 is 2.68 bits per heavy atom. The summed E-state index contributed by atoms with van der Waals surface area (Å²) in [5.41, 5.74) is 3.11. The van der Waals surface area contributed by atoms with Crippen LogP contribution in [-0.2, 0) is 6.54 Å². The van der Waals surface area contributed by atoms with Crippen molar-refractivity contribution in [1.29, 1.82) is 0 Å². The lowest BCUT2D eigenvalue weighted by atomic mass is 10.1. The molecule has 3 aromatic rings. The number of nitrogens with zero attached hydrogens (tertiary/aromatic N) is 6. The van der Waals surface area contributed by atoms with Crippen LogP contribution >= 0.6 is 0 Å². The molecule has 1 atom stereocenters. The van der Waals surface area contributed by atoms with Gasteiger partial charge in [0.15, 0.2) is 11.6 Å². The second-order valence-electron chi connectivity index (χ2n) is 9.24. The second kappa shape index (κ2) is 9.17. The quantitative estimate of drug-likeness (QED) is 0.482. The van der Waals surface area contributed by atoms with Crippen LogP contribution in [0.5, 0.6) is 0 Å². The summed E-state index contributed by atoms with van der Waals surface area (Å²) >= 11 is 0. The van der Waals surface area contributed by atoms with Crippen LogP contribution in [0.4, 0.5) is 33.5 Å². The van der Waals surface area contributed by atoms with Crippen LogP contribution in [0.25, 0.3) is 0 Å². The second-order valence-corrected chi connectivity index (χ2v) is 9.24. The zero-order valence-electron chi connectivity index (χ0n) is 20.2. The number of piperazine rings is 1. The van der Waals surface area contributed by atoms with Crippen LogP contribution < -0.4 is 20.9 Å². The predicted octanol–water partition coefficient (Wildman–Crippen LogP) is 4.01. The molecule has 5 rings (SSSR count). The average molecular weight is 466 g/mol. The van der Waals surface area contributed by atoms with Gasteiger partial charge >= 0.3 is 0 Å². The molecule has 4 heterocycles. The number of rotatable bonds is 7. The van der Waals surface area contributed by atoms with E-state index in [1.165, 1.54) is 0 Å². The highest BCUT2D eigenvalue weighted by Crippen LogP contribution is 2.42. The van der Waals surface area contributed by atoms with Gasteiger partial charge in [-0.15, -0.1) is 0 Å². The van der Waals surface area contributed by atoms with E-state index in [1.54, 1.807) is 13.0 Å². The number of pyridine rings is 1. The molecule has 180 valence electrons. The van der Waals surface area contributed by atoms with Crippen molar-refractivity contribution < 1.29 is 4.39 Å². The van der Waals surface area contributed by atoms with Crippen molar-refractivity contribution in [3.05, 3.63) is 41.1 Å². The van der Waals surface area contributed by atoms with Gasteiger partial charge in [-0.1, -0.05) is 0 Å². The van der Waals surface area contributed by atoms with Gasteiger partial charge in [-0.3, -0.25) is 4.68 Å². The van der Waals surface area contributed by atoms with E-state index in [1.807, 2.05) is 23.9 Å². The first-order valence-corrected chi connectivity index (χ1v) is 12.0. The maximum atomic E-state index is 14.5. The Hall–Kier alpha value is -3.27.